The maximum absolute atomic E-state index is 13.2. The monoisotopic (exact) mass is 349 g/mol. The molecule has 0 N–H and O–H groups in total. The minimum atomic E-state index is -0.546. The van der Waals surface area contributed by atoms with Gasteiger partial charge in [0.2, 0.25) is 5.91 Å². The maximum Gasteiger partial charge on any atom is 0.332 e. The molecular formula is C20H19N3O3. The van der Waals surface area contributed by atoms with Crippen LogP contribution in [0.2, 0.25) is 0 Å². The third-order valence-electron chi connectivity index (χ3n) is 5.89. The molecule has 6 nitrogen and oxygen atoms in total. The van der Waals surface area contributed by atoms with Crippen molar-refractivity contribution in [1.82, 2.24) is 9.80 Å². The number of benzene rings is 2. The van der Waals surface area contributed by atoms with E-state index < -0.39 is 6.04 Å². The van der Waals surface area contributed by atoms with Gasteiger partial charge in [0, 0.05) is 18.4 Å². The number of fused-ring (bicyclic) bond motifs is 6. The van der Waals surface area contributed by atoms with Crippen LogP contribution in [-0.2, 0) is 9.59 Å². The Morgan fingerprint density at radius 3 is 2.69 bits per heavy atom. The van der Waals surface area contributed by atoms with Gasteiger partial charge in [-0.05, 0) is 17.9 Å². The average Bonchev–Trinajstić information content (AvgIpc) is 3.32. The van der Waals surface area contributed by atoms with Crippen molar-refractivity contribution in [2.45, 2.75) is 37.9 Å². The predicted octanol–water partition coefficient (Wildman–Crippen LogP) is 2.37. The van der Waals surface area contributed by atoms with Gasteiger partial charge in [-0.15, -0.1) is 0 Å². The van der Waals surface area contributed by atoms with Gasteiger partial charge in [0.05, 0.1) is 17.8 Å². The standard InChI is InChI=1S/C20H19N3O3/c1-2-17(24)21-11-13-10-16(21)18-19(25)23(20(26)22(13)18)15-9-5-7-12-6-3-4-8-14(12)15/h3-9,13,16,18H,2,10-11H2,1H3/t13-,16?,18?/m1/s1. The van der Waals surface area contributed by atoms with Crippen molar-refractivity contribution in [3.8, 4) is 0 Å². The van der Waals surface area contributed by atoms with Gasteiger partial charge in [0.1, 0.15) is 6.04 Å². The highest BCUT2D eigenvalue weighted by atomic mass is 16.2. The number of urea groups is 1. The van der Waals surface area contributed by atoms with E-state index in [-0.39, 0.29) is 29.9 Å². The number of amides is 4. The van der Waals surface area contributed by atoms with Crippen molar-refractivity contribution in [2.75, 3.05) is 11.4 Å². The molecule has 3 saturated heterocycles. The fraction of sp³-hybridized carbons (Fsp3) is 0.350. The Bertz CT molecular complexity index is 951. The van der Waals surface area contributed by atoms with Crippen LogP contribution >= 0.6 is 0 Å². The van der Waals surface area contributed by atoms with Crippen molar-refractivity contribution in [1.29, 1.82) is 0 Å². The number of piperazine rings is 1. The lowest BCUT2D eigenvalue weighted by Gasteiger charge is -2.34. The summed E-state index contributed by atoms with van der Waals surface area (Å²) in [6.45, 7) is 2.37. The molecule has 0 aliphatic carbocycles. The lowest BCUT2D eigenvalue weighted by Crippen LogP contribution is -2.54. The van der Waals surface area contributed by atoms with Crippen LogP contribution in [0.4, 0.5) is 10.5 Å². The van der Waals surface area contributed by atoms with Gasteiger partial charge in [0.15, 0.2) is 0 Å². The Kier molecular flexibility index (Phi) is 3.13. The Balaban J connectivity index is 1.57. The summed E-state index contributed by atoms with van der Waals surface area (Å²) in [4.78, 5) is 43.3. The molecule has 26 heavy (non-hydrogen) atoms. The molecule has 0 spiro atoms. The van der Waals surface area contributed by atoms with Gasteiger partial charge >= 0.3 is 6.03 Å². The number of rotatable bonds is 2. The van der Waals surface area contributed by atoms with Gasteiger partial charge in [-0.2, -0.15) is 0 Å². The number of nitrogens with zero attached hydrogens (tertiary/aromatic N) is 3. The molecule has 3 atom stereocenters. The summed E-state index contributed by atoms with van der Waals surface area (Å²) < 4.78 is 0. The molecule has 4 amide bonds. The van der Waals surface area contributed by atoms with E-state index in [0.29, 0.717) is 25.1 Å². The Hall–Kier alpha value is -2.89. The van der Waals surface area contributed by atoms with Crippen LogP contribution in [-0.4, -0.2) is 52.3 Å². The second kappa shape index (κ2) is 5.30. The average molecular weight is 349 g/mol. The molecule has 2 aromatic carbocycles. The third kappa shape index (κ3) is 1.84. The number of likely N-dealkylation sites (tertiary alicyclic amines) is 1. The zero-order chi connectivity index (χ0) is 18.0. The second-order valence-corrected chi connectivity index (χ2v) is 7.16. The molecule has 132 valence electrons. The molecule has 2 unspecified atom stereocenters. The molecule has 3 fully saturated rings. The number of anilines is 1. The van der Waals surface area contributed by atoms with Gasteiger partial charge in [-0.3, -0.25) is 9.59 Å². The summed E-state index contributed by atoms with van der Waals surface area (Å²) in [6.07, 6.45) is 1.13. The lowest BCUT2D eigenvalue weighted by atomic mass is 10.1. The summed E-state index contributed by atoms with van der Waals surface area (Å²) in [5.74, 6) is -0.159. The summed E-state index contributed by atoms with van der Waals surface area (Å²) in [5, 5.41) is 1.87. The highest BCUT2D eigenvalue weighted by Crippen LogP contribution is 2.43. The molecule has 5 rings (SSSR count). The lowest BCUT2D eigenvalue weighted by molar-refractivity contribution is -0.135. The van der Waals surface area contributed by atoms with Crippen LogP contribution in [0.1, 0.15) is 19.8 Å². The summed E-state index contributed by atoms with van der Waals surface area (Å²) in [7, 11) is 0. The molecule has 0 radical (unpaired) electrons. The smallest absolute Gasteiger partial charge is 0.332 e. The topological polar surface area (TPSA) is 60.9 Å². The minimum absolute atomic E-state index is 0.0565. The highest BCUT2D eigenvalue weighted by Gasteiger charge is 2.62. The second-order valence-electron chi connectivity index (χ2n) is 7.16. The SMILES string of the molecule is CCC(=O)N1C[C@H]2CC1C1C(=O)N(c3cccc4ccccc34)C(=O)N12. The van der Waals surface area contributed by atoms with Crippen molar-refractivity contribution in [3.05, 3.63) is 42.5 Å². The van der Waals surface area contributed by atoms with Gasteiger partial charge in [-0.1, -0.05) is 43.3 Å². The highest BCUT2D eigenvalue weighted by molar-refractivity contribution is 6.25. The molecule has 0 saturated carbocycles. The van der Waals surface area contributed by atoms with E-state index in [4.69, 9.17) is 0 Å². The van der Waals surface area contributed by atoms with Gasteiger partial charge in [-0.25, -0.2) is 9.69 Å². The largest absolute Gasteiger partial charge is 0.335 e. The van der Waals surface area contributed by atoms with Crippen LogP contribution in [0, 0.1) is 0 Å². The molecule has 2 bridgehead atoms. The number of imide groups is 1. The maximum atomic E-state index is 13.2. The van der Waals surface area contributed by atoms with E-state index >= 15 is 0 Å². The van der Waals surface area contributed by atoms with Crippen molar-refractivity contribution in [2.24, 2.45) is 0 Å². The number of hydrogen-bond donors (Lipinski definition) is 0. The molecular weight excluding hydrogens is 330 g/mol. The van der Waals surface area contributed by atoms with Crippen LogP contribution in [0.15, 0.2) is 42.5 Å². The van der Waals surface area contributed by atoms with E-state index in [1.807, 2.05) is 49.4 Å². The summed E-state index contributed by atoms with van der Waals surface area (Å²) in [5.41, 5.74) is 0.625. The molecule has 3 aliphatic heterocycles. The van der Waals surface area contributed by atoms with E-state index in [9.17, 15) is 14.4 Å². The van der Waals surface area contributed by atoms with E-state index in [0.717, 1.165) is 10.8 Å². The normalized spacial score (nSPS) is 27.0. The molecule has 3 aliphatic rings. The molecule has 3 heterocycles. The van der Waals surface area contributed by atoms with E-state index in [2.05, 4.69) is 0 Å². The minimum Gasteiger partial charge on any atom is -0.335 e. The number of carbonyl (C=O) groups excluding carboxylic acids is 3. The molecule has 0 aromatic heterocycles. The summed E-state index contributed by atoms with van der Waals surface area (Å²) in [6, 6.07) is 12.3. The molecule has 6 heteroatoms. The van der Waals surface area contributed by atoms with Crippen LogP contribution in [0.3, 0.4) is 0 Å². The van der Waals surface area contributed by atoms with Crippen LogP contribution in [0.25, 0.3) is 10.8 Å². The quantitative estimate of drug-likeness (QED) is 0.782. The fourth-order valence-corrected chi connectivity index (χ4v) is 4.77. The Morgan fingerprint density at radius 2 is 1.88 bits per heavy atom. The first kappa shape index (κ1) is 15.4. The number of carbonyl (C=O) groups is 3. The van der Waals surface area contributed by atoms with Gasteiger partial charge in [0.25, 0.3) is 5.91 Å². The first-order chi connectivity index (χ1) is 12.6. The Labute approximate surface area is 151 Å². The van der Waals surface area contributed by atoms with Crippen LogP contribution in [0.5, 0.6) is 0 Å². The number of hydrogen-bond acceptors (Lipinski definition) is 3. The van der Waals surface area contributed by atoms with Crippen molar-refractivity contribution >= 4 is 34.3 Å². The first-order valence-corrected chi connectivity index (χ1v) is 9.05. The third-order valence-corrected chi connectivity index (χ3v) is 5.89. The van der Waals surface area contributed by atoms with Crippen molar-refractivity contribution in [3.63, 3.8) is 0 Å². The van der Waals surface area contributed by atoms with E-state index in [1.54, 1.807) is 9.80 Å². The summed E-state index contributed by atoms with van der Waals surface area (Å²) >= 11 is 0. The first-order valence-electron chi connectivity index (χ1n) is 9.05. The fourth-order valence-electron chi connectivity index (χ4n) is 4.77. The predicted molar refractivity (Wildman–Crippen MR) is 96.7 cm³/mol. The zero-order valence-electron chi connectivity index (χ0n) is 14.5. The van der Waals surface area contributed by atoms with E-state index in [1.165, 1.54) is 4.90 Å². The molecule has 2 aromatic rings. The Morgan fingerprint density at radius 1 is 1.12 bits per heavy atom. The van der Waals surface area contributed by atoms with Gasteiger partial charge < -0.3 is 9.80 Å². The van der Waals surface area contributed by atoms with Crippen molar-refractivity contribution < 1.29 is 14.4 Å². The van der Waals surface area contributed by atoms with Crippen LogP contribution < -0.4 is 4.90 Å². The zero-order valence-corrected chi connectivity index (χ0v) is 14.5.